The van der Waals surface area contributed by atoms with Crippen LogP contribution in [0.4, 0.5) is 0 Å². The number of hydrogen-bond donors (Lipinski definition) is 1. The second kappa shape index (κ2) is 10.4. The quantitative estimate of drug-likeness (QED) is 0.305. The summed E-state index contributed by atoms with van der Waals surface area (Å²) in [6, 6.07) is 0. The van der Waals surface area contributed by atoms with Crippen molar-refractivity contribution in [2.45, 2.75) is 98.8 Å². The van der Waals surface area contributed by atoms with Gasteiger partial charge in [-0.15, -0.1) is 0 Å². The number of carbonyl (C=O) groups excluding carboxylic acids is 2. The molecule has 1 aliphatic carbocycles. The van der Waals surface area contributed by atoms with E-state index in [-0.39, 0.29) is 19.8 Å². The van der Waals surface area contributed by atoms with Crippen LogP contribution in [0.15, 0.2) is 0 Å². The molecule has 0 saturated heterocycles. The molecule has 0 aromatic heterocycles. The number of benzene rings is 1. The number of hydrogen-bond acceptors (Lipinski definition) is 5. The fraction of sp³-hybridized carbons (Fsp3) is 0.692. The SMILES string of the molecule is CCCCc1c(CO)c([Si](C)(C)C)c2c(c1[Si](C)(C)C)CC(C(=O)OCC)(C(=O)OCC)C2. The van der Waals surface area contributed by atoms with E-state index in [1.54, 1.807) is 13.8 Å². The van der Waals surface area contributed by atoms with Crippen LogP contribution in [0, 0.1) is 5.41 Å². The van der Waals surface area contributed by atoms with Crippen molar-refractivity contribution < 1.29 is 24.2 Å². The lowest BCUT2D eigenvalue weighted by atomic mass is 9.84. The number of fused-ring (bicyclic) bond motifs is 1. The highest BCUT2D eigenvalue weighted by Crippen LogP contribution is 2.41. The Hall–Kier alpha value is -1.45. The Kier molecular flexibility index (Phi) is 8.80. The minimum atomic E-state index is -1.93. The molecule has 0 unspecified atom stereocenters. The molecule has 0 spiro atoms. The van der Waals surface area contributed by atoms with Crippen LogP contribution in [-0.2, 0) is 44.9 Å². The van der Waals surface area contributed by atoms with Crippen LogP contribution in [0.5, 0.6) is 0 Å². The van der Waals surface area contributed by atoms with Crippen LogP contribution in [0.25, 0.3) is 0 Å². The van der Waals surface area contributed by atoms with Crippen molar-refractivity contribution >= 4 is 38.5 Å². The highest BCUT2D eigenvalue weighted by molar-refractivity contribution is 6.91. The number of unbranched alkanes of at least 4 members (excludes halogenated alkanes) is 1. The van der Waals surface area contributed by atoms with Crippen LogP contribution < -0.4 is 10.4 Å². The first-order valence-corrected chi connectivity index (χ1v) is 19.5. The maximum Gasteiger partial charge on any atom is 0.324 e. The molecule has 0 bridgehead atoms. The van der Waals surface area contributed by atoms with E-state index < -0.39 is 33.5 Å². The van der Waals surface area contributed by atoms with Gasteiger partial charge in [-0.3, -0.25) is 9.59 Å². The number of ether oxygens (including phenoxy) is 2. The van der Waals surface area contributed by atoms with Gasteiger partial charge < -0.3 is 14.6 Å². The van der Waals surface area contributed by atoms with Gasteiger partial charge in [-0.05, 0) is 61.8 Å². The highest BCUT2D eigenvalue weighted by Gasteiger charge is 2.55. The van der Waals surface area contributed by atoms with Crippen LogP contribution in [-0.4, -0.2) is 46.4 Å². The summed E-state index contributed by atoms with van der Waals surface area (Å²) >= 11 is 0. The number of aliphatic hydroxyl groups is 1. The third kappa shape index (κ3) is 5.30. The molecule has 2 rings (SSSR count). The van der Waals surface area contributed by atoms with Gasteiger partial charge in [0, 0.05) is 0 Å². The predicted octanol–water partition coefficient (Wildman–Crippen LogP) is 3.82. The standard InChI is InChI=1S/C26H44O5Si2/c1-10-13-14-18-21(17-27)23(33(7,8)9)20-16-26(24(28)30-11-2,25(29)31-12-3)15-19(20)22(18)32(4,5)6/h27H,10-17H2,1-9H3. The normalized spacial score (nSPS) is 15.3. The summed E-state index contributed by atoms with van der Waals surface area (Å²) in [5.74, 6) is -0.966. The van der Waals surface area contributed by atoms with Gasteiger partial charge in [0.1, 0.15) is 0 Å². The Morgan fingerprint density at radius 3 is 1.58 bits per heavy atom. The maximum absolute atomic E-state index is 13.3. The van der Waals surface area contributed by atoms with Gasteiger partial charge in [0.2, 0.25) is 0 Å². The fourth-order valence-electron chi connectivity index (χ4n) is 5.55. The lowest BCUT2D eigenvalue weighted by molar-refractivity contribution is -0.171. The lowest BCUT2D eigenvalue weighted by Gasteiger charge is -2.33. The molecule has 33 heavy (non-hydrogen) atoms. The molecule has 7 heteroatoms. The van der Waals surface area contributed by atoms with Crippen molar-refractivity contribution in [1.82, 2.24) is 0 Å². The number of aliphatic hydroxyl groups excluding tert-OH is 1. The summed E-state index contributed by atoms with van der Waals surface area (Å²) in [6.07, 6.45) is 3.68. The predicted molar refractivity (Wildman–Crippen MR) is 140 cm³/mol. The van der Waals surface area contributed by atoms with Crippen LogP contribution >= 0.6 is 0 Å². The molecule has 0 atom stereocenters. The molecule has 0 fully saturated rings. The Morgan fingerprint density at radius 2 is 1.24 bits per heavy atom. The van der Waals surface area contributed by atoms with Gasteiger partial charge in [-0.1, -0.05) is 63.0 Å². The van der Waals surface area contributed by atoms with Crippen molar-refractivity contribution in [3.8, 4) is 0 Å². The molecule has 1 aromatic carbocycles. The van der Waals surface area contributed by atoms with Gasteiger partial charge in [0.15, 0.2) is 5.41 Å². The van der Waals surface area contributed by atoms with Crippen LogP contribution in [0.2, 0.25) is 39.3 Å². The molecule has 1 N–H and O–H groups in total. The first-order chi connectivity index (χ1) is 15.3. The minimum absolute atomic E-state index is 0.00474. The molecule has 1 aliphatic rings. The van der Waals surface area contributed by atoms with E-state index in [9.17, 15) is 14.7 Å². The van der Waals surface area contributed by atoms with E-state index in [1.165, 1.54) is 15.9 Å². The summed E-state index contributed by atoms with van der Waals surface area (Å²) in [5, 5.41) is 13.2. The first kappa shape index (κ1) is 27.8. The molecular formula is C26H44O5Si2. The molecule has 0 aliphatic heterocycles. The highest BCUT2D eigenvalue weighted by atomic mass is 28.3. The maximum atomic E-state index is 13.3. The Labute approximate surface area is 202 Å². The fourth-order valence-corrected chi connectivity index (χ4v) is 10.2. The van der Waals surface area contributed by atoms with E-state index in [0.717, 1.165) is 36.0 Å². The minimum Gasteiger partial charge on any atom is -0.465 e. The average molecular weight is 493 g/mol. The third-order valence-corrected chi connectivity index (χ3v) is 10.9. The first-order valence-electron chi connectivity index (χ1n) is 12.5. The van der Waals surface area contributed by atoms with E-state index in [4.69, 9.17) is 9.47 Å². The van der Waals surface area contributed by atoms with Gasteiger partial charge >= 0.3 is 11.9 Å². The zero-order valence-electron chi connectivity index (χ0n) is 22.2. The average Bonchev–Trinajstić information content (AvgIpc) is 3.10. The van der Waals surface area contributed by atoms with Gasteiger partial charge in [-0.2, -0.15) is 0 Å². The van der Waals surface area contributed by atoms with Gasteiger partial charge in [0.05, 0.1) is 36.0 Å². The van der Waals surface area contributed by atoms with Crippen LogP contribution in [0.3, 0.4) is 0 Å². The second-order valence-corrected chi connectivity index (χ2v) is 21.3. The molecule has 0 saturated carbocycles. The summed E-state index contributed by atoms with van der Waals surface area (Å²) in [7, 11) is -3.81. The Balaban J connectivity index is 2.97. The summed E-state index contributed by atoms with van der Waals surface area (Å²) in [6.45, 7) is 20.0. The Bertz CT molecular complexity index is 876. The summed E-state index contributed by atoms with van der Waals surface area (Å²) in [4.78, 5) is 26.7. The molecule has 186 valence electrons. The molecular weight excluding hydrogens is 448 g/mol. The lowest BCUT2D eigenvalue weighted by Crippen LogP contribution is -2.50. The monoisotopic (exact) mass is 492 g/mol. The van der Waals surface area contributed by atoms with E-state index in [0.29, 0.717) is 12.8 Å². The van der Waals surface area contributed by atoms with E-state index in [1.807, 2.05) is 0 Å². The van der Waals surface area contributed by atoms with Crippen LogP contribution in [0.1, 0.15) is 55.9 Å². The molecule has 0 amide bonds. The zero-order valence-corrected chi connectivity index (χ0v) is 24.2. The third-order valence-electron chi connectivity index (χ3n) is 6.66. The Morgan fingerprint density at radius 1 is 0.818 bits per heavy atom. The molecule has 0 radical (unpaired) electrons. The zero-order chi connectivity index (χ0) is 25.2. The van der Waals surface area contributed by atoms with Crippen molar-refractivity contribution in [3.05, 3.63) is 22.3 Å². The van der Waals surface area contributed by atoms with E-state index >= 15 is 0 Å². The molecule has 1 aromatic rings. The van der Waals surface area contributed by atoms with Crippen molar-refractivity contribution in [2.75, 3.05) is 13.2 Å². The smallest absolute Gasteiger partial charge is 0.324 e. The number of carbonyl (C=O) groups is 2. The van der Waals surface area contributed by atoms with Gasteiger partial charge in [0.25, 0.3) is 0 Å². The molecule has 5 nitrogen and oxygen atoms in total. The largest absolute Gasteiger partial charge is 0.465 e. The van der Waals surface area contributed by atoms with Gasteiger partial charge in [-0.25, -0.2) is 0 Å². The second-order valence-electron chi connectivity index (χ2n) is 11.3. The van der Waals surface area contributed by atoms with Crippen molar-refractivity contribution in [1.29, 1.82) is 0 Å². The van der Waals surface area contributed by atoms with E-state index in [2.05, 4.69) is 46.2 Å². The van der Waals surface area contributed by atoms with Crippen molar-refractivity contribution in [3.63, 3.8) is 0 Å². The topological polar surface area (TPSA) is 72.8 Å². The molecule has 0 heterocycles. The number of rotatable bonds is 10. The summed E-state index contributed by atoms with van der Waals surface area (Å²) < 4.78 is 10.9. The summed E-state index contributed by atoms with van der Waals surface area (Å²) in [5.41, 5.74) is 3.27. The number of esters is 2. The van der Waals surface area contributed by atoms with Crippen molar-refractivity contribution in [2.24, 2.45) is 5.41 Å².